The summed E-state index contributed by atoms with van der Waals surface area (Å²) in [5.41, 5.74) is -0.884. The van der Waals surface area contributed by atoms with Gasteiger partial charge >= 0.3 is 0 Å². The second-order valence-electron chi connectivity index (χ2n) is 11.9. The fourth-order valence-corrected chi connectivity index (χ4v) is 9.01. The van der Waals surface area contributed by atoms with Gasteiger partial charge in [-0.15, -0.1) is 0 Å². The Kier molecular flexibility index (Phi) is 6.15. The van der Waals surface area contributed by atoms with Gasteiger partial charge in [-0.05, 0) is 97.7 Å². The Hall–Kier alpha value is -1.92. The molecular weight excluding hydrogens is 424 g/mol. The lowest BCUT2D eigenvalue weighted by Gasteiger charge is -2.63. The molecule has 0 amide bonds. The summed E-state index contributed by atoms with van der Waals surface area (Å²) in [7, 11) is 0. The molecule has 0 aliphatic heterocycles. The van der Waals surface area contributed by atoms with Crippen molar-refractivity contribution in [3.8, 4) is 0 Å². The van der Waals surface area contributed by atoms with Crippen LogP contribution < -0.4 is 15.3 Å². The number of carbonyl (C=O) groups excluding carboxylic acids is 4. The number of hydrogen-bond acceptors (Lipinski definition) is 7. The molecule has 7 heteroatoms. The highest BCUT2D eigenvalue weighted by molar-refractivity contribution is 5.84. The summed E-state index contributed by atoms with van der Waals surface area (Å²) in [5, 5.41) is 35.0. The molecular formula is C26H35O7-3. The van der Waals surface area contributed by atoms with Crippen LogP contribution in [0.25, 0.3) is 0 Å². The monoisotopic (exact) mass is 459 g/mol. The van der Waals surface area contributed by atoms with Crippen molar-refractivity contribution in [2.45, 2.75) is 78.6 Å². The van der Waals surface area contributed by atoms with Gasteiger partial charge in [-0.1, -0.05) is 20.8 Å². The summed E-state index contributed by atoms with van der Waals surface area (Å²) >= 11 is 0. The summed E-state index contributed by atoms with van der Waals surface area (Å²) in [6, 6.07) is 0. The van der Waals surface area contributed by atoms with Crippen LogP contribution >= 0.6 is 0 Å². The molecule has 0 aromatic rings. The number of carbonyl (C=O) groups is 4. The molecule has 10 atom stereocenters. The maximum Gasteiger partial charge on any atom is 0.136 e. The second-order valence-corrected chi connectivity index (χ2v) is 11.9. The SMILES string of the molecule is C[C@@H](CCC(=O)[O-])[C@H]1CC[C@@H]2[C@H]3C(=O)C[C@@H]4C[C@H](C(=O)[O-])CC[C@]4(C)[C@H]3C[C@H](C(=O)[O-])[C@@]21C. The smallest absolute Gasteiger partial charge is 0.136 e. The van der Waals surface area contributed by atoms with E-state index in [1.165, 1.54) is 0 Å². The fourth-order valence-electron chi connectivity index (χ4n) is 9.01. The second kappa shape index (κ2) is 8.38. The van der Waals surface area contributed by atoms with Crippen LogP contribution in [0.1, 0.15) is 78.6 Å². The van der Waals surface area contributed by atoms with Crippen molar-refractivity contribution in [1.82, 2.24) is 0 Å². The Balaban J connectivity index is 1.67. The summed E-state index contributed by atoms with van der Waals surface area (Å²) < 4.78 is 0. The van der Waals surface area contributed by atoms with Crippen LogP contribution in [0, 0.1) is 58.2 Å². The van der Waals surface area contributed by atoms with Gasteiger partial charge in [-0.2, -0.15) is 0 Å². The lowest BCUT2D eigenvalue weighted by molar-refractivity contribution is -0.322. The number of ketones is 1. The van der Waals surface area contributed by atoms with E-state index in [2.05, 4.69) is 6.92 Å². The molecule has 0 unspecified atom stereocenters. The minimum absolute atomic E-state index is 0.0110. The van der Waals surface area contributed by atoms with E-state index in [1.807, 2.05) is 13.8 Å². The topological polar surface area (TPSA) is 137 Å². The molecule has 184 valence electrons. The van der Waals surface area contributed by atoms with Crippen LogP contribution in [0.4, 0.5) is 0 Å². The van der Waals surface area contributed by atoms with Crippen LogP contribution in [0.15, 0.2) is 0 Å². The van der Waals surface area contributed by atoms with Gasteiger partial charge in [-0.25, -0.2) is 0 Å². The molecule has 4 aliphatic carbocycles. The summed E-state index contributed by atoms with van der Waals surface area (Å²) in [4.78, 5) is 48.6. The normalized spacial score (nSPS) is 45.4. The molecule has 33 heavy (non-hydrogen) atoms. The Labute approximate surface area is 195 Å². The molecule has 0 heterocycles. The van der Waals surface area contributed by atoms with Gasteiger partial charge in [0.05, 0.1) is 0 Å². The number of fused-ring (bicyclic) bond motifs is 5. The van der Waals surface area contributed by atoms with Gasteiger partial charge in [0.1, 0.15) is 5.78 Å². The lowest BCUT2D eigenvalue weighted by atomic mass is 9.41. The van der Waals surface area contributed by atoms with E-state index in [0.29, 0.717) is 38.5 Å². The molecule has 4 rings (SSSR count). The Morgan fingerprint density at radius 1 is 1.00 bits per heavy atom. The Morgan fingerprint density at radius 2 is 1.70 bits per heavy atom. The van der Waals surface area contributed by atoms with E-state index < -0.39 is 35.2 Å². The first-order chi connectivity index (χ1) is 15.4. The van der Waals surface area contributed by atoms with E-state index in [0.717, 1.165) is 12.8 Å². The van der Waals surface area contributed by atoms with Gasteiger partial charge < -0.3 is 29.7 Å². The first-order valence-electron chi connectivity index (χ1n) is 12.6. The van der Waals surface area contributed by atoms with Gasteiger partial charge in [0, 0.05) is 36.2 Å². The maximum absolute atomic E-state index is 13.5. The maximum atomic E-state index is 13.5. The summed E-state index contributed by atoms with van der Waals surface area (Å²) in [6.45, 7) is 6.12. The molecule has 0 bridgehead atoms. The molecule has 7 nitrogen and oxygen atoms in total. The molecule has 0 N–H and O–H groups in total. The van der Waals surface area contributed by atoms with Crippen molar-refractivity contribution in [3.63, 3.8) is 0 Å². The van der Waals surface area contributed by atoms with Crippen molar-refractivity contribution in [2.24, 2.45) is 58.2 Å². The summed E-state index contributed by atoms with van der Waals surface area (Å²) in [6.07, 6.45) is 4.24. The minimum atomic E-state index is -1.10. The predicted molar refractivity (Wildman–Crippen MR) is 111 cm³/mol. The van der Waals surface area contributed by atoms with E-state index in [9.17, 15) is 34.5 Å². The number of carboxylic acids is 3. The molecule has 0 aromatic heterocycles. The molecule has 0 radical (unpaired) electrons. The quantitative estimate of drug-likeness (QED) is 0.558. The average Bonchev–Trinajstić information content (AvgIpc) is 3.09. The van der Waals surface area contributed by atoms with Crippen LogP contribution in [0.2, 0.25) is 0 Å². The lowest BCUT2D eigenvalue weighted by Crippen LogP contribution is -2.62. The molecule has 0 spiro atoms. The van der Waals surface area contributed by atoms with Crippen LogP contribution in [0.5, 0.6) is 0 Å². The molecule has 4 fully saturated rings. The zero-order valence-corrected chi connectivity index (χ0v) is 19.8. The Morgan fingerprint density at radius 3 is 2.30 bits per heavy atom. The van der Waals surface area contributed by atoms with Crippen molar-refractivity contribution >= 4 is 23.7 Å². The van der Waals surface area contributed by atoms with Crippen molar-refractivity contribution in [2.75, 3.05) is 0 Å². The third kappa shape index (κ3) is 3.70. The van der Waals surface area contributed by atoms with Crippen molar-refractivity contribution in [3.05, 3.63) is 0 Å². The third-order valence-corrected chi connectivity index (χ3v) is 10.8. The predicted octanol–water partition coefficient (Wildman–Crippen LogP) is 0.333. The Bertz CT molecular complexity index is 852. The van der Waals surface area contributed by atoms with Gasteiger partial charge in [0.25, 0.3) is 0 Å². The number of aliphatic carboxylic acids is 3. The fraction of sp³-hybridized carbons (Fsp3) is 0.846. The highest BCUT2D eigenvalue weighted by Crippen LogP contribution is 2.69. The third-order valence-electron chi connectivity index (χ3n) is 10.8. The highest BCUT2D eigenvalue weighted by Gasteiger charge is 2.66. The van der Waals surface area contributed by atoms with Crippen LogP contribution in [0.3, 0.4) is 0 Å². The van der Waals surface area contributed by atoms with Crippen LogP contribution in [-0.2, 0) is 19.2 Å². The number of carboxylic acid groups (broad SMARTS) is 3. The highest BCUT2D eigenvalue weighted by atomic mass is 16.4. The first kappa shape index (κ1) is 24.2. The van der Waals surface area contributed by atoms with Gasteiger partial charge in [0.2, 0.25) is 0 Å². The molecule has 4 aliphatic rings. The minimum Gasteiger partial charge on any atom is -0.550 e. The van der Waals surface area contributed by atoms with E-state index >= 15 is 0 Å². The first-order valence-corrected chi connectivity index (χ1v) is 12.6. The summed E-state index contributed by atoms with van der Waals surface area (Å²) in [5.74, 6) is -4.76. The van der Waals surface area contributed by atoms with Gasteiger partial charge in [-0.3, -0.25) is 4.79 Å². The van der Waals surface area contributed by atoms with E-state index in [1.54, 1.807) is 0 Å². The van der Waals surface area contributed by atoms with Crippen LogP contribution in [-0.4, -0.2) is 23.7 Å². The number of Topliss-reactive ketones (excluding diaryl/α,β-unsaturated/α-hetero) is 1. The molecule has 4 saturated carbocycles. The zero-order chi connectivity index (χ0) is 24.3. The van der Waals surface area contributed by atoms with Crippen molar-refractivity contribution in [1.29, 1.82) is 0 Å². The van der Waals surface area contributed by atoms with E-state index in [4.69, 9.17) is 0 Å². The van der Waals surface area contributed by atoms with E-state index in [-0.39, 0.29) is 53.1 Å². The van der Waals surface area contributed by atoms with Crippen molar-refractivity contribution < 1.29 is 34.5 Å². The molecule has 0 saturated heterocycles. The number of rotatable bonds is 6. The zero-order valence-electron chi connectivity index (χ0n) is 19.8. The largest absolute Gasteiger partial charge is 0.550 e. The molecule has 0 aromatic carbocycles. The number of hydrogen-bond donors (Lipinski definition) is 0. The standard InChI is InChI=1S/C26H38O7/c1-13(4-7-21(28)29)16-5-6-17-22-18(12-19(24(32)33)26(16,17)3)25(2)9-8-14(23(30)31)10-15(25)11-20(22)27/h13-19,22H,4-12H2,1-3H3,(H,28,29)(H,30,31)(H,32,33)/p-3/t13-,14+,15-,16+,17+,18-,19+,22+,25-,26+/m0/s1. The van der Waals surface area contributed by atoms with Gasteiger partial charge in [0.15, 0.2) is 0 Å². The average molecular weight is 460 g/mol.